The zero-order valence-corrected chi connectivity index (χ0v) is 21.0. The number of hydrogen-bond acceptors (Lipinski definition) is 10. The van der Waals surface area contributed by atoms with Crippen LogP contribution >= 0.6 is 0 Å². The van der Waals surface area contributed by atoms with Crippen molar-refractivity contribution < 1.29 is 32.2 Å². The summed E-state index contributed by atoms with van der Waals surface area (Å²) >= 11 is 0. The molecule has 39 heavy (non-hydrogen) atoms. The maximum Gasteiger partial charge on any atom is 0.422 e. The van der Waals surface area contributed by atoms with Crippen LogP contribution in [-0.4, -0.2) is 57.7 Å². The van der Waals surface area contributed by atoms with Gasteiger partial charge < -0.3 is 31.2 Å². The number of nitrogens with one attached hydrogen (secondary N) is 1. The van der Waals surface area contributed by atoms with Gasteiger partial charge in [-0.25, -0.2) is 19.7 Å². The fourth-order valence-electron chi connectivity index (χ4n) is 4.24. The molecule has 12 nitrogen and oxygen atoms in total. The Bertz CT molecular complexity index is 1390. The molecule has 0 spiro atoms. The van der Waals surface area contributed by atoms with Crippen LogP contribution in [0.15, 0.2) is 36.8 Å². The van der Waals surface area contributed by atoms with Gasteiger partial charge in [0.2, 0.25) is 0 Å². The lowest BCUT2D eigenvalue weighted by Gasteiger charge is -2.39. The van der Waals surface area contributed by atoms with E-state index >= 15 is 0 Å². The van der Waals surface area contributed by atoms with E-state index in [-0.39, 0.29) is 17.3 Å². The summed E-state index contributed by atoms with van der Waals surface area (Å²) in [5.41, 5.74) is 8.42. The molecule has 4 heterocycles. The molecule has 1 aliphatic rings. The molecule has 1 aliphatic heterocycles. The lowest BCUT2D eigenvalue weighted by atomic mass is 9.93. The van der Waals surface area contributed by atoms with Crippen LogP contribution in [0.2, 0.25) is 0 Å². The summed E-state index contributed by atoms with van der Waals surface area (Å²) in [7, 11) is 1.10. The van der Waals surface area contributed by atoms with Crippen molar-refractivity contribution in [2.45, 2.75) is 31.5 Å². The van der Waals surface area contributed by atoms with Crippen molar-refractivity contribution in [3.63, 3.8) is 0 Å². The number of carbonyl (C=O) groups is 2. The zero-order chi connectivity index (χ0) is 28.4. The summed E-state index contributed by atoms with van der Waals surface area (Å²) in [6.45, 7) is 2.73. The molecule has 2 amide bonds. The number of hydrogen-bond donors (Lipinski definition) is 3. The highest BCUT2D eigenvalue weighted by atomic mass is 19.4. The van der Waals surface area contributed by atoms with E-state index < -0.39 is 46.5 Å². The third-order valence-electron chi connectivity index (χ3n) is 6.20. The molecule has 5 N–H and O–H groups in total. The third-order valence-corrected chi connectivity index (χ3v) is 6.20. The van der Waals surface area contributed by atoms with Gasteiger partial charge in [-0.15, -0.1) is 0 Å². The van der Waals surface area contributed by atoms with Crippen molar-refractivity contribution >= 4 is 29.3 Å². The third kappa shape index (κ3) is 5.91. The number of halogens is 3. The number of piperidine rings is 1. The predicted molar refractivity (Wildman–Crippen MR) is 134 cm³/mol. The molecule has 3 aromatic heterocycles. The van der Waals surface area contributed by atoms with Gasteiger partial charge in [0.05, 0.1) is 19.0 Å². The van der Waals surface area contributed by atoms with E-state index in [4.69, 9.17) is 20.9 Å². The summed E-state index contributed by atoms with van der Waals surface area (Å²) in [4.78, 5) is 42.3. The molecule has 0 aliphatic carbocycles. The van der Waals surface area contributed by atoms with E-state index in [0.717, 1.165) is 25.6 Å². The maximum absolute atomic E-state index is 13.8. The van der Waals surface area contributed by atoms with Crippen molar-refractivity contribution in [2.75, 3.05) is 36.1 Å². The van der Waals surface area contributed by atoms with E-state index in [2.05, 4.69) is 25.3 Å². The van der Waals surface area contributed by atoms with Gasteiger partial charge in [-0.05, 0) is 25.1 Å². The minimum atomic E-state index is -4.82. The number of nitrogens with two attached hydrogens (primary N) is 2. The first-order valence-electron chi connectivity index (χ1n) is 11.6. The highest BCUT2D eigenvalue weighted by Gasteiger charge is 2.39. The van der Waals surface area contributed by atoms with E-state index in [0.29, 0.717) is 31.6 Å². The second-order valence-corrected chi connectivity index (χ2v) is 8.91. The number of alkyl halides is 3. The standard InChI is InChI=1S/C24H25F3N8O4/c1-23(39-22(29)37)6-10-35(11-7-23)14-4-3-8-31-20(14)34-21(36)18-19(28)32-12-13(33-18)17-16(24(25,26)27)15(38-2)5-9-30-17/h3-5,8-9,12H,6-7,10-11H2,1-2H3,(H2,28,32)(H2,29,37)(H,31,34,36). The minimum absolute atomic E-state index is 0.170. The van der Waals surface area contributed by atoms with Gasteiger partial charge >= 0.3 is 12.3 Å². The predicted octanol–water partition coefficient (Wildman–Crippen LogP) is 3.25. The number of carbonyl (C=O) groups excluding carboxylic acids is 2. The number of pyridine rings is 2. The molecular formula is C24H25F3N8O4. The molecule has 1 saturated heterocycles. The quantitative estimate of drug-likeness (QED) is 0.417. The first-order chi connectivity index (χ1) is 18.4. The van der Waals surface area contributed by atoms with Crippen LogP contribution in [0.4, 0.5) is 35.3 Å². The second kappa shape index (κ2) is 10.6. The van der Waals surface area contributed by atoms with Crippen molar-refractivity contribution in [2.24, 2.45) is 5.73 Å². The molecule has 0 atom stereocenters. The van der Waals surface area contributed by atoms with Crippen LogP contribution in [-0.2, 0) is 10.9 Å². The minimum Gasteiger partial charge on any atom is -0.496 e. The lowest BCUT2D eigenvalue weighted by Crippen LogP contribution is -2.46. The molecule has 206 valence electrons. The molecule has 0 bridgehead atoms. The number of nitrogens with zero attached hydrogens (tertiary/aromatic N) is 5. The second-order valence-electron chi connectivity index (χ2n) is 8.91. The topological polar surface area (TPSA) is 171 Å². The monoisotopic (exact) mass is 546 g/mol. The first kappa shape index (κ1) is 27.3. The number of methoxy groups -OCH3 is 1. The molecule has 3 aromatic rings. The van der Waals surface area contributed by atoms with Crippen LogP contribution in [0.25, 0.3) is 11.4 Å². The Morgan fingerprint density at radius 3 is 2.49 bits per heavy atom. The van der Waals surface area contributed by atoms with Crippen molar-refractivity contribution in [3.05, 3.63) is 48.0 Å². The van der Waals surface area contributed by atoms with Crippen LogP contribution in [0.5, 0.6) is 5.75 Å². The normalized spacial score (nSPS) is 14.9. The van der Waals surface area contributed by atoms with Gasteiger partial charge in [0, 0.05) is 38.3 Å². The molecular weight excluding hydrogens is 521 g/mol. The van der Waals surface area contributed by atoms with E-state index in [1.165, 1.54) is 6.20 Å². The number of amides is 2. The smallest absolute Gasteiger partial charge is 0.422 e. The Kier molecular flexibility index (Phi) is 7.42. The van der Waals surface area contributed by atoms with E-state index in [1.807, 2.05) is 4.90 Å². The van der Waals surface area contributed by atoms with Crippen molar-refractivity contribution in [1.29, 1.82) is 0 Å². The van der Waals surface area contributed by atoms with Gasteiger partial charge in [-0.3, -0.25) is 9.78 Å². The Hall–Kier alpha value is -4.69. The molecule has 15 heteroatoms. The summed E-state index contributed by atoms with van der Waals surface area (Å²) in [5, 5.41) is 2.62. The van der Waals surface area contributed by atoms with Gasteiger partial charge in [-0.1, -0.05) is 0 Å². The summed E-state index contributed by atoms with van der Waals surface area (Å²) in [6.07, 6.45) is -1.14. The Balaban J connectivity index is 1.61. The largest absolute Gasteiger partial charge is 0.496 e. The number of anilines is 3. The number of ether oxygens (including phenoxy) is 2. The summed E-state index contributed by atoms with van der Waals surface area (Å²) in [5.74, 6) is -1.43. The Labute approximate surface area is 220 Å². The summed E-state index contributed by atoms with van der Waals surface area (Å²) < 4.78 is 51.6. The van der Waals surface area contributed by atoms with E-state index in [1.54, 1.807) is 19.1 Å². The summed E-state index contributed by atoms with van der Waals surface area (Å²) in [6, 6.07) is 4.48. The van der Waals surface area contributed by atoms with Crippen LogP contribution in [0.3, 0.4) is 0 Å². The number of rotatable bonds is 6. The van der Waals surface area contributed by atoms with Gasteiger partial charge in [0.1, 0.15) is 28.3 Å². The average Bonchev–Trinajstić information content (AvgIpc) is 2.88. The van der Waals surface area contributed by atoms with Gasteiger partial charge in [-0.2, -0.15) is 13.2 Å². The van der Waals surface area contributed by atoms with Crippen LogP contribution < -0.4 is 26.4 Å². The first-order valence-corrected chi connectivity index (χ1v) is 11.6. The van der Waals surface area contributed by atoms with Crippen molar-refractivity contribution in [3.8, 4) is 17.1 Å². The maximum atomic E-state index is 13.8. The molecule has 1 fully saturated rings. The molecule has 0 aromatic carbocycles. The van der Waals surface area contributed by atoms with E-state index in [9.17, 15) is 22.8 Å². The average molecular weight is 547 g/mol. The fourth-order valence-corrected chi connectivity index (χ4v) is 4.24. The van der Waals surface area contributed by atoms with Gasteiger partial charge in [0.15, 0.2) is 17.3 Å². The fraction of sp³-hybridized carbons (Fsp3) is 0.333. The molecule has 4 rings (SSSR count). The molecule has 0 saturated carbocycles. The Morgan fingerprint density at radius 1 is 1.13 bits per heavy atom. The molecule has 0 radical (unpaired) electrons. The van der Waals surface area contributed by atoms with Crippen LogP contribution in [0.1, 0.15) is 35.8 Å². The molecule has 0 unspecified atom stereocenters. The lowest BCUT2D eigenvalue weighted by molar-refractivity contribution is -0.138. The zero-order valence-electron chi connectivity index (χ0n) is 21.0. The highest BCUT2D eigenvalue weighted by Crippen LogP contribution is 2.41. The van der Waals surface area contributed by atoms with Crippen LogP contribution in [0, 0.1) is 0 Å². The number of aromatic nitrogens is 4. The van der Waals surface area contributed by atoms with Crippen molar-refractivity contribution in [1.82, 2.24) is 19.9 Å². The number of primary amides is 1. The SMILES string of the molecule is COc1ccnc(-c2cnc(N)c(C(=O)Nc3ncccc3N3CCC(C)(OC(N)=O)CC3)n2)c1C(F)(F)F. The highest BCUT2D eigenvalue weighted by molar-refractivity contribution is 6.06. The number of nitrogen functional groups attached to an aromatic ring is 1. The van der Waals surface area contributed by atoms with Gasteiger partial charge in [0.25, 0.3) is 5.91 Å². The Morgan fingerprint density at radius 2 is 1.85 bits per heavy atom.